The van der Waals surface area contributed by atoms with Gasteiger partial charge in [0, 0.05) is 85.7 Å². The summed E-state index contributed by atoms with van der Waals surface area (Å²) in [6.07, 6.45) is -10.6. The minimum Gasteiger partial charge on any atom is -0.300 e. The van der Waals surface area contributed by atoms with E-state index in [-0.39, 0.29) is 208 Å². The number of aliphatic imine (C=N–C) groups is 5. The van der Waals surface area contributed by atoms with Crippen molar-refractivity contribution in [3.63, 3.8) is 0 Å². The number of alkyl halides is 11. The van der Waals surface area contributed by atoms with Gasteiger partial charge in [0.25, 0.3) is 19.3 Å². The number of amidine groups is 5. The zero-order chi connectivity index (χ0) is 108. The maximum absolute atomic E-state index is 13.5. The van der Waals surface area contributed by atoms with Crippen LogP contribution in [0, 0.1) is 23.3 Å². The quantitative estimate of drug-likeness (QED) is 0.00247. The van der Waals surface area contributed by atoms with Crippen molar-refractivity contribution in [2.24, 2.45) is 25.0 Å². The molecule has 0 aliphatic carbocycles. The van der Waals surface area contributed by atoms with Gasteiger partial charge < -0.3 is 0 Å². The van der Waals surface area contributed by atoms with Gasteiger partial charge in [-0.15, -0.1) is 58.8 Å². The normalized spacial score (nSPS) is 12.0. The first-order valence-electron chi connectivity index (χ1n) is 41.3. The minimum absolute atomic E-state index is 0.00461. The number of carbonyl (C=O) groups is 9. The van der Waals surface area contributed by atoms with E-state index in [1.165, 1.54) is 75.0 Å². The van der Waals surface area contributed by atoms with Crippen molar-refractivity contribution in [3.8, 4) is 0 Å². The predicted molar refractivity (Wildman–Crippen MR) is 493 cm³/mol. The summed E-state index contributed by atoms with van der Waals surface area (Å²) < 4.78 is 241. The molecule has 5 aromatic heterocycles. The van der Waals surface area contributed by atoms with Crippen molar-refractivity contribution < 1.29 is 167 Å². The van der Waals surface area contributed by atoms with Crippen LogP contribution in [0.25, 0.3) is 0 Å². The predicted octanol–water partition coefficient (Wildman–Crippen LogP) is 17.2. The second-order valence-electron chi connectivity index (χ2n) is 29.3. The monoisotopic (exact) mass is 2250 g/mol. The number of carbonyl (C=O) groups excluding carboxylic acids is 9. The van der Waals surface area contributed by atoms with E-state index in [2.05, 4.69) is 116 Å². The van der Waals surface area contributed by atoms with E-state index in [4.69, 9.17) is 0 Å². The van der Waals surface area contributed by atoms with Gasteiger partial charge in [0.05, 0.1) is 68.9 Å². The molecule has 0 unspecified atom stereocenters. The smallest absolute Gasteiger partial charge is 0.300 e. The molecule has 41 nitrogen and oxygen atoms in total. The Labute approximate surface area is 843 Å². The molecule has 0 saturated carbocycles. The fourth-order valence-electron chi connectivity index (χ4n) is 11.0. The molecule has 0 aliphatic heterocycles. The Kier molecular flexibility index (Phi) is 50.8. The molecule has 0 saturated heterocycles. The van der Waals surface area contributed by atoms with E-state index in [0.717, 1.165) is 108 Å². The molecule has 63 heteroatoms. The summed E-state index contributed by atoms with van der Waals surface area (Å²) >= 11 is 8.45. The van der Waals surface area contributed by atoms with Crippen LogP contribution >= 0.6 is 74.7 Å². The van der Waals surface area contributed by atoms with Crippen LogP contribution in [0.15, 0.2) is 175 Å². The largest absolute Gasteiger partial charge is 0.416 e. The van der Waals surface area contributed by atoms with E-state index >= 15 is 0 Å². The Morgan fingerprint density at radius 1 is 0.390 bits per heavy atom. The number of thioether (sulfide) groups is 5. The number of sulfone groups is 1. The average molecular weight is 2250 g/mol. The molecule has 788 valence electrons. The van der Waals surface area contributed by atoms with E-state index in [9.17, 15) is 143 Å². The first-order valence-corrected chi connectivity index (χ1v) is 49.1. The molecule has 0 bridgehead atoms. The van der Waals surface area contributed by atoms with Gasteiger partial charge in [0.15, 0.2) is 104 Å². The Bertz CT molecular complexity index is 6400. The molecule has 0 spiro atoms. The molecular formula is C83H82BrF15N20O21S6. The average Bonchev–Trinajstić information content (AvgIpc) is 1.59. The lowest BCUT2D eigenvalue weighted by atomic mass is 10.1. The number of hydroxylamine groups is 5. The molecule has 5 heterocycles. The highest BCUT2D eigenvalue weighted by Crippen LogP contribution is 2.36. The minimum atomic E-state index is -4.53. The van der Waals surface area contributed by atoms with Gasteiger partial charge in [-0.05, 0) is 193 Å². The third kappa shape index (κ3) is 41.6. The summed E-state index contributed by atoms with van der Waals surface area (Å²) in [6.45, 7) is 4.66. The van der Waals surface area contributed by atoms with E-state index < -0.39 is 111 Å². The SMILES string of the molecule is CC(=O)C(F)(F)C(=O)CCCSc1nonc1C(=Nc1ccc(F)c(C(F)F)c1)NO.CC(=O)CC(=O)CCCSc1nonc1C(=Nc1ccc(F)c(C(F)F)c1)NO.CC(=O)CC(=O)CCCSc1nonc1C(=Nc1cccc(C(F)(F)F)c1)NO.CC(=O)CC(=O)CCCSc1nonc1C(=Nc1cccc(C(F)F)c1)NO.CS(=O)(=O)CC(=O)CCCSc1nonc1C(=Nc1cc(F)c(F)c(Br)c1)NO. The van der Waals surface area contributed by atoms with Crippen LogP contribution in [0.4, 0.5) is 94.3 Å². The van der Waals surface area contributed by atoms with Crippen LogP contribution in [0.3, 0.4) is 0 Å². The standard InChI is InChI=1S/C17H15F5N4O4S.2C17H17F3N4O4S.C17H18F2N4O4S.C15H15BrF2N4O5S2/c1-8(27)17(21,22)12(28)3-2-6-31-16-13(25-30-26-16)15(24-29)23-9-4-5-11(18)10(7-9)14(19)20;1-10(25)8-13(26)6-3-7-29-16-14(23-28-24-16)15(22-27)21-12-5-2-4-11(9-12)17(18,19)20;1-9(25)7-11(26)3-2-6-29-17-14(23-28-24-17)16(22-27)21-10-4-5-13(18)12(8-10)15(19)20;1-10(24)8-13(25)6-3-7-28-17-14(22-27-23-17)16(21-26)20-12-5-2-4-11(9-12)15(18)19;1-29(25,26)7-9(23)3-2-4-28-15-13(21-27-22-15)14(20-24)19-8-5-10(16)12(18)11(17)6-8/h4-5,7,14,29H,2-3,6H2,1H3,(H,23,24);2,4-5,9,27H,3,6-8H2,1H3,(H,21,22);4-5,8,15,27H,2-3,6-7H2,1H3,(H,21,22);2,4-5,9,15,26H,3,6-8H2,1H3,(H,20,21);5-6,24H,2-4,7H2,1H3,(H,19,20). The Morgan fingerprint density at radius 2 is 0.699 bits per heavy atom. The van der Waals surface area contributed by atoms with Crippen molar-refractivity contribution in [1.29, 1.82) is 0 Å². The fraction of sp³-hybridized carbons (Fsp3) is 0.349. The highest BCUT2D eigenvalue weighted by molar-refractivity contribution is 9.10. The zero-order valence-electron chi connectivity index (χ0n) is 75.9. The number of ketones is 9. The van der Waals surface area contributed by atoms with Crippen molar-refractivity contribution in [2.45, 2.75) is 168 Å². The molecular weight excluding hydrogens is 2170 g/mol. The number of benzene rings is 5. The highest BCUT2D eigenvalue weighted by atomic mass is 79.9. The number of nitrogens with zero attached hydrogens (tertiary/aromatic N) is 15. The Hall–Kier alpha value is -12.9. The summed E-state index contributed by atoms with van der Waals surface area (Å²) in [5.74, 6) is -12.8. The molecule has 0 amide bonds. The van der Waals surface area contributed by atoms with Gasteiger partial charge in [-0.3, -0.25) is 96.6 Å². The molecule has 0 aliphatic rings. The van der Waals surface area contributed by atoms with Crippen LogP contribution in [0.2, 0.25) is 0 Å². The molecule has 5 aromatic carbocycles. The summed E-state index contributed by atoms with van der Waals surface area (Å²) in [5, 5.41) is 84.1. The van der Waals surface area contributed by atoms with Gasteiger partial charge >= 0.3 is 12.1 Å². The lowest BCUT2D eigenvalue weighted by Crippen LogP contribution is -2.36. The van der Waals surface area contributed by atoms with Gasteiger partial charge in [0.2, 0.25) is 11.6 Å². The van der Waals surface area contributed by atoms with Crippen molar-refractivity contribution in [1.82, 2.24) is 79.0 Å². The summed E-state index contributed by atoms with van der Waals surface area (Å²) in [5.41, 5.74) is 6.03. The third-order valence-electron chi connectivity index (χ3n) is 17.5. The van der Waals surface area contributed by atoms with Gasteiger partial charge in [-0.25, -0.2) is 100 Å². The van der Waals surface area contributed by atoms with Crippen molar-refractivity contribution in [2.75, 3.05) is 40.8 Å². The van der Waals surface area contributed by atoms with Crippen LogP contribution in [0.5, 0.6) is 0 Å². The lowest BCUT2D eigenvalue weighted by Gasteiger charge is -2.10. The molecule has 0 fully saturated rings. The van der Waals surface area contributed by atoms with E-state index in [0.29, 0.717) is 60.6 Å². The zero-order valence-corrected chi connectivity index (χ0v) is 82.4. The van der Waals surface area contributed by atoms with Gasteiger partial charge in [0.1, 0.15) is 57.9 Å². The molecule has 10 N–H and O–H groups in total. The van der Waals surface area contributed by atoms with Crippen LogP contribution in [0.1, 0.15) is 181 Å². The first-order chi connectivity index (χ1) is 69.1. The Morgan fingerprint density at radius 3 is 0.993 bits per heavy atom. The number of halogens is 16. The molecule has 0 atom stereocenters. The highest BCUT2D eigenvalue weighted by Gasteiger charge is 2.43. The summed E-state index contributed by atoms with van der Waals surface area (Å²) in [7, 11) is -3.36. The number of hydrogen-bond donors (Lipinski definition) is 10. The van der Waals surface area contributed by atoms with E-state index in [1.54, 1.807) is 21.9 Å². The van der Waals surface area contributed by atoms with Gasteiger partial charge in [-0.1, -0.05) is 18.2 Å². The lowest BCUT2D eigenvalue weighted by molar-refractivity contribution is -0.155. The van der Waals surface area contributed by atoms with Crippen LogP contribution in [-0.4, -0.2) is 214 Å². The van der Waals surface area contributed by atoms with Crippen LogP contribution < -0.4 is 27.4 Å². The van der Waals surface area contributed by atoms with Crippen molar-refractivity contribution >= 4 is 194 Å². The first kappa shape index (κ1) is 122. The molecule has 10 rings (SSSR count). The number of aromatic nitrogens is 10. The molecule has 146 heavy (non-hydrogen) atoms. The fourth-order valence-corrected chi connectivity index (χ4v) is 16.3. The number of Topliss-reactive ketones (excluding diaryl/α,β-unsaturated/α-hetero) is 9. The van der Waals surface area contributed by atoms with E-state index in [1.807, 2.05) is 5.48 Å². The summed E-state index contributed by atoms with van der Waals surface area (Å²) in [6, 6.07) is 17.1. The number of nitrogens with one attached hydrogen (secondary N) is 5. The number of hydrogen-bond acceptors (Lipinski definition) is 41. The second-order valence-corrected chi connectivity index (χ2v) is 37.7. The third-order valence-corrected chi connectivity index (χ3v) is 24.1. The number of rotatable bonds is 48. The second kappa shape index (κ2) is 60.9. The molecule has 10 aromatic rings. The Balaban J connectivity index is 0.000000279. The summed E-state index contributed by atoms with van der Waals surface area (Å²) in [4.78, 5) is 121. The molecule has 0 radical (unpaired) electrons. The van der Waals surface area contributed by atoms with Crippen molar-refractivity contribution in [3.05, 3.63) is 176 Å². The maximum Gasteiger partial charge on any atom is 0.416 e. The topological polar surface area (TPSA) is 605 Å². The van der Waals surface area contributed by atoms with Crippen LogP contribution in [-0.2, 0) is 59.2 Å². The van der Waals surface area contributed by atoms with Gasteiger partial charge in [-0.2, -0.15) is 22.0 Å². The maximum atomic E-state index is 13.5.